The van der Waals surface area contributed by atoms with Crippen LogP contribution in [0.2, 0.25) is 0 Å². The number of aryl methyl sites for hydroxylation is 1. The van der Waals surface area contributed by atoms with Crippen LogP contribution in [0.4, 0.5) is 0 Å². The molecule has 0 aromatic heterocycles. The molecule has 1 aromatic rings. The van der Waals surface area contributed by atoms with Crippen LogP contribution >= 0.6 is 0 Å². The van der Waals surface area contributed by atoms with Gasteiger partial charge in [0, 0.05) is 6.04 Å². The van der Waals surface area contributed by atoms with E-state index in [0.29, 0.717) is 5.92 Å². The minimum absolute atomic E-state index is 0.232. The normalized spacial score (nSPS) is 12.9. The molecule has 0 heterocycles. The number of aliphatic hydroxyl groups excluding tert-OH is 1. The van der Waals surface area contributed by atoms with Crippen molar-refractivity contribution < 1.29 is 5.11 Å². The predicted octanol–water partition coefficient (Wildman–Crippen LogP) is 2.62. The first-order chi connectivity index (χ1) is 8.24. The summed E-state index contributed by atoms with van der Waals surface area (Å²) in [7, 11) is 0. The van der Waals surface area contributed by atoms with Crippen molar-refractivity contribution in [2.75, 3.05) is 13.2 Å². The first-order valence-corrected chi connectivity index (χ1v) is 6.62. The third-order valence-corrected chi connectivity index (χ3v) is 3.14. The first-order valence-electron chi connectivity index (χ1n) is 6.62. The largest absolute Gasteiger partial charge is 0.395 e. The number of hydrogen-bond acceptors (Lipinski definition) is 2. The third-order valence-electron chi connectivity index (χ3n) is 3.14. The standard InChI is InChI=1S/C15H25NO/c1-13(2)15(12-17)16-11-7-6-10-14-8-4-3-5-9-14/h3-5,8-9,13,15-17H,6-7,10-12H2,1-2H3. The quantitative estimate of drug-likeness (QED) is 0.679. The smallest absolute Gasteiger partial charge is 0.0587 e. The molecule has 2 nitrogen and oxygen atoms in total. The van der Waals surface area contributed by atoms with Crippen molar-refractivity contribution in [3.63, 3.8) is 0 Å². The lowest BCUT2D eigenvalue weighted by molar-refractivity contribution is 0.211. The third kappa shape index (κ3) is 5.85. The lowest BCUT2D eigenvalue weighted by atomic mass is 10.0. The Balaban J connectivity index is 2.08. The molecule has 0 amide bonds. The Labute approximate surface area is 105 Å². The Morgan fingerprint density at radius 3 is 2.41 bits per heavy atom. The molecule has 1 unspecified atom stereocenters. The molecule has 2 N–H and O–H groups in total. The van der Waals surface area contributed by atoms with Crippen LogP contribution < -0.4 is 5.32 Å². The molecule has 0 radical (unpaired) electrons. The average Bonchev–Trinajstić information content (AvgIpc) is 2.34. The highest BCUT2D eigenvalue weighted by atomic mass is 16.3. The van der Waals surface area contributed by atoms with E-state index < -0.39 is 0 Å². The summed E-state index contributed by atoms with van der Waals surface area (Å²) in [4.78, 5) is 0. The molecular weight excluding hydrogens is 210 g/mol. The fraction of sp³-hybridized carbons (Fsp3) is 0.600. The predicted molar refractivity (Wildman–Crippen MR) is 73.1 cm³/mol. The van der Waals surface area contributed by atoms with Crippen LogP contribution in [0, 0.1) is 5.92 Å². The maximum Gasteiger partial charge on any atom is 0.0587 e. The second-order valence-electron chi connectivity index (χ2n) is 4.93. The summed E-state index contributed by atoms with van der Waals surface area (Å²) in [5, 5.41) is 12.6. The highest BCUT2D eigenvalue weighted by Gasteiger charge is 2.09. The maximum absolute atomic E-state index is 9.17. The summed E-state index contributed by atoms with van der Waals surface area (Å²) in [6, 6.07) is 10.8. The van der Waals surface area contributed by atoms with E-state index in [1.807, 2.05) is 0 Å². The van der Waals surface area contributed by atoms with Crippen molar-refractivity contribution in [3.8, 4) is 0 Å². The zero-order chi connectivity index (χ0) is 12.5. The summed E-state index contributed by atoms with van der Waals surface area (Å²) in [5.74, 6) is 0.495. The van der Waals surface area contributed by atoms with Crippen molar-refractivity contribution in [1.29, 1.82) is 0 Å². The molecule has 0 aliphatic heterocycles. The van der Waals surface area contributed by atoms with Crippen molar-refractivity contribution in [2.45, 2.75) is 39.2 Å². The molecule has 1 aromatic carbocycles. The average molecular weight is 235 g/mol. The molecule has 0 aliphatic rings. The van der Waals surface area contributed by atoms with Gasteiger partial charge in [0.1, 0.15) is 0 Å². The van der Waals surface area contributed by atoms with Gasteiger partial charge >= 0.3 is 0 Å². The van der Waals surface area contributed by atoms with Crippen LogP contribution in [0.1, 0.15) is 32.3 Å². The van der Waals surface area contributed by atoms with Crippen LogP contribution in [0.15, 0.2) is 30.3 Å². The molecule has 0 saturated heterocycles. The van der Waals surface area contributed by atoms with Gasteiger partial charge in [0.05, 0.1) is 6.61 Å². The molecule has 0 fully saturated rings. The lowest BCUT2D eigenvalue weighted by Crippen LogP contribution is -2.37. The Hall–Kier alpha value is -0.860. The Kier molecular flexibility index (Phi) is 6.90. The van der Waals surface area contributed by atoms with E-state index in [4.69, 9.17) is 5.11 Å². The first kappa shape index (κ1) is 14.2. The molecule has 0 saturated carbocycles. The SMILES string of the molecule is CC(C)C(CO)NCCCCc1ccccc1. The number of unbranched alkanes of at least 4 members (excludes halogenated alkanes) is 1. The van der Waals surface area contributed by atoms with E-state index in [-0.39, 0.29) is 12.6 Å². The maximum atomic E-state index is 9.17. The second kappa shape index (κ2) is 8.26. The van der Waals surface area contributed by atoms with Crippen LogP contribution in [0.5, 0.6) is 0 Å². The van der Waals surface area contributed by atoms with Gasteiger partial charge in [-0.15, -0.1) is 0 Å². The molecule has 2 heteroatoms. The van der Waals surface area contributed by atoms with Gasteiger partial charge < -0.3 is 10.4 Å². The van der Waals surface area contributed by atoms with Crippen LogP contribution in [-0.2, 0) is 6.42 Å². The Morgan fingerprint density at radius 2 is 1.82 bits per heavy atom. The van der Waals surface area contributed by atoms with E-state index in [2.05, 4.69) is 49.5 Å². The summed E-state index contributed by atoms with van der Waals surface area (Å²) in [6.45, 7) is 5.50. The molecule has 0 bridgehead atoms. The molecule has 0 aliphatic carbocycles. The fourth-order valence-corrected chi connectivity index (χ4v) is 1.90. The molecule has 1 rings (SSSR count). The summed E-state index contributed by atoms with van der Waals surface area (Å²) >= 11 is 0. The van der Waals surface area contributed by atoms with Gasteiger partial charge in [-0.2, -0.15) is 0 Å². The Bertz CT molecular complexity index is 284. The topological polar surface area (TPSA) is 32.3 Å². The van der Waals surface area contributed by atoms with Gasteiger partial charge in [0.2, 0.25) is 0 Å². The van der Waals surface area contributed by atoms with E-state index in [0.717, 1.165) is 19.4 Å². The van der Waals surface area contributed by atoms with Crippen molar-refractivity contribution in [1.82, 2.24) is 5.32 Å². The molecule has 17 heavy (non-hydrogen) atoms. The van der Waals surface area contributed by atoms with E-state index >= 15 is 0 Å². The summed E-state index contributed by atoms with van der Waals surface area (Å²) in [6.07, 6.45) is 3.51. The number of aliphatic hydroxyl groups is 1. The zero-order valence-corrected chi connectivity index (χ0v) is 11.0. The number of benzene rings is 1. The van der Waals surface area contributed by atoms with Crippen LogP contribution in [0.25, 0.3) is 0 Å². The van der Waals surface area contributed by atoms with E-state index in [1.54, 1.807) is 0 Å². The summed E-state index contributed by atoms with van der Waals surface area (Å²) < 4.78 is 0. The monoisotopic (exact) mass is 235 g/mol. The van der Waals surface area contributed by atoms with Gasteiger partial charge in [-0.05, 0) is 37.3 Å². The minimum Gasteiger partial charge on any atom is -0.395 e. The number of hydrogen-bond donors (Lipinski definition) is 2. The van der Waals surface area contributed by atoms with Crippen molar-refractivity contribution in [2.24, 2.45) is 5.92 Å². The molecule has 96 valence electrons. The lowest BCUT2D eigenvalue weighted by Gasteiger charge is -2.19. The molecule has 0 spiro atoms. The van der Waals surface area contributed by atoms with E-state index in [1.165, 1.54) is 12.0 Å². The van der Waals surface area contributed by atoms with E-state index in [9.17, 15) is 0 Å². The van der Waals surface area contributed by atoms with Gasteiger partial charge in [0.25, 0.3) is 0 Å². The number of rotatable bonds is 8. The van der Waals surface area contributed by atoms with Gasteiger partial charge in [-0.25, -0.2) is 0 Å². The summed E-state index contributed by atoms with van der Waals surface area (Å²) in [5.41, 5.74) is 1.41. The fourth-order valence-electron chi connectivity index (χ4n) is 1.90. The highest BCUT2D eigenvalue weighted by molar-refractivity contribution is 5.14. The second-order valence-corrected chi connectivity index (χ2v) is 4.93. The molecule has 1 atom stereocenters. The van der Waals surface area contributed by atoms with Crippen molar-refractivity contribution >= 4 is 0 Å². The van der Waals surface area contributed by atoms with Crippen LogP contribution in [0.3, 0.4) is 0 Å². The van der Waals surface area contributed by atoms with Gasteiger partial charge in [-0.1, -0.05) is 44.2 Å². The van der Waals surface area contributed by atoms with Crippen LogP contribution in [-0.4, -0.2) is 24.3 Å². The Morgan fingerprint density at radius 1 is 1.12 bits per heavy atom. The van der Waals surface area contributed by atoms with Gasteiger partial charge in [-0.3, -0.25) is 0 Å². The molecular formula is C15H25NO. The van der Waals surface area contributed by atoms with Gasteiger partial charge in [0.15, 0.2) is 0 Å². The highest BCUT2D eigenvalue weighted by Crippen LogP contribution is 2.05. The zero-order valence-electron chi connectivity index (χ0n) is 11.0. The minimum atomic E-state index is 0.232. The number of nitrogens with one attached hydrogen (secondary N) is 1. The van der Waals surface area contributed by atoms with Crippen molar-refractivity contribution in [3.05, 3.63) is 35.9 Å².